The zero-order chi connectivity index (χ0) is 27.3. The predicted molar refractivity (Wildman–Crippen MR) is 144 cm³/mol. The summed E-state index contributed by atoms with van der Waals surface area (Å²) in [7, 11) is 1.83. The molecule has 0 N–H and O–H groups in total. The molecule has 4 aromatic rings. The average Bonchev–Trinajstić information content (AvgIpc) is 3.32. The fourth-order valence-corrected chi connectivity index (χ4v) is 3.84. The third-order valence-corrected chi connectivity index (χ3v) is 5.62. The van der Waals surface area contributed by atoms with E-state index in [9.17, 15) is 10.1 Å². The number of benzene rings is 2. The molecule has 0 aliphatic carbocycles. The zero-order valence-corrected chi connectivity index (χ0v) is 22.2. The van der Waals surface area contributed by atoms with Gasteiger partial charge in [-0.1, -0.05) is 36.4 Å². The van der Waals surface area contributed by atoms with Gasteiger partial charge >= 0.3 is 6.09 Å². The van der Waals surface area contributed by atoms with E-state index in [2.05, 4.69) is 16.3 Å². The van der Waals surface area contributed by atoms with Gasteiger partial charge in [-0.25, -0.2) is 9.78 Å². The normalized spacial score (nSPS) is 11.1. The molecule has 9 heteroatoms. The van der Waals surface area contributed by atoms with E-state index in [1.165, 1.54) is 4.90 Å². The molecule has 0 bridgehead atoms. The van der Waals surface area contributed by atoms with Gasteiger partial charge in [0.25, 0.3) is 0 Å². The van der Waals surface area contributed by atoms with Crippen molar-refractivity contribution in [3.05, 3.63) is 78.1 Å². The minimum Gasteiger partial charge on any atom is -0.489 e. The molecule has 1 amide bonds. The van der Waals surface area contributed by atoms with Crippen molar-refractivity contribution < 1.29 is 14.3 Å². The van der Waals surface area contributed by atoms with Crippen LogP contribution >= 0.6 is 0 Å². The second-order valence-electron chi connectivity index (χ2n) is 9.68. The second kappa shape index (κ2) is 11.1. The van der Waals surface area contributed by atoms with Crippen molar-refractivity contribution in [3.8, 4) is 34.5 Å². The van der Waals surface area contributed by atoms with E-state index in [0.29, 0.717) is 52.9 Å². The first-order chi connectivity index (χ1) is 18.2. The van der Waals surface area contributed by atoms with Gasteiger partial charge in [-0.3, -0.25) is 4.90 Å². The standard InChI is InChI=1S/C29H30N6O3/c1-6-35(28(36)38-29(2,3)4)26-16-22(37-18-20-10-8-7-9-11-20)15-25(32-26)23-13-12-21(17-30)14-24(23)27-33-31-19-34(27)5/h7-16,19H,6,18H2,1-5H3. The number of nitrogens with zero attached hydrogens (tertiary/aromatic N) is 6. The molecule has 4 rings (SSSR count). The van der Waals surface area contributed by atoms with Crippen LogP contribution < -0.4 is 9.64 Å². The van der Waals surface area contributed by atoms with E-state index in [0.717, 1.165) is 5.56 Å². The first-order valence-electron chi connectivity index (χ1n) is 12.3. The summed E-state index contributed by atoms with van der Waals surface area (Å²) in [5, 5.41) is 17.8. The Morgan fingerprint density at radius 2 is 1.84 bits per heavy atom. The summed E-state index contributed by atoms with van der Waals surface area (Å²) in [6, 6.07) is 20.8. The number of amides is 1. The van der Waals surface area contributed by atoms with Crippen LogP contribution in [0.2, 0.25) is 0 Å². The van der Waals surface area contributed by atoms with Crippen molar-refractivity contribution in [3.63, 3.8) is 0 Å². The summed E-state index contributed by atoms with van der Waals surface area (Å²) in [6.07, 6.45) is 1.09. The van der Waals surface area contributed by atoms with Gasteiger partial charge < -0.3 is 14.0 Å². The van der Waals surface area contributed by atoms with Gasteiger partial charge in [-0.05, 0) is 45.4 Å². The van der Waals surface area contributed by atoms with Crippen LogP contribution in [0.15, 0.2) is 67.0 Å². The SMILES string of the molecule is CCN(C(=O)OC(C)(C)C)c1cc(OCc2ccccc2)cc(-c2ccc(C#N)cc2-c2nncn2C)n1. The highest BCUT2D eigenvalue weighted by Gasteiger charge is 2.25. The van der Waals surface area contributed by atoms with Gasteiger partial charge in [-0.2, -0.15) is 5.26 Å². The van der Waals surface area contributed by atoms with Crippen molar-refractivity contribution in [1.82, 2.24) is 19.7 Å². The Kier molecular flexibility index (Phi) is 7.72. The number of aromatic nitrogens is 4. The minimum atomic E-state index is -0.666. The van der Waals surface area contributed by atoms with E-state index < -0.39 is 11.7 Å². The second-order valence-corrected chi connectivity index (χ2v) is 9.68. The number of nitriles is 1. The quantitative estimate of drug-likeness (QED) is 0.311. The van der Waals surface area contributed by atoms with Gasteiger partial charge in [0.1, 0.15) is 30.1 Å². The lowest BCUT2D eigenvalue weighted by Crippen LogP contribution is -2.37. The van der Waals surface area contributed by atoms with Crippen LogP contribution in [0.25, 0.3) is 22.6 Å². The van der Waals surface area contributed by atoms with Crippen molar-refractivity contribution >= 4 is 11.9 Å². The summed E-state index contributed by atoms with van der Waals surface area (Å²) in [5.41, 5.74) is 2.77. The van der Waals surface area contributed by atoms with Crippen molar-refractivity contribution in [2.75, 3.05) is 11.4 Å². The number of hydrogen-bond donors (Lipinski definition) is 0. The van der Waals surface area contributed by atoms with Gasteiger partial charge in [0, 0.05) is 36.9 Å². The molecule has 9 nitrogen and oxygen atoms in total. The predicted octanol–water partition coefficient (Wildman–Crippen LogP) is 5.76. The van der Waals surface area contributed by atoms with E-state index in [4.69, 9.17) is 14.5 Å². The molecule has 2 aromatic heterocycles. The van der Waals surface area contributed by atoms with Gasteiger partial charge in [0.2, 0.25) is 0 Å². The number of carbonyl (C=O) groups is 1. The number of anilines is 1. The molecule has 0 saturated heterocycles. The molecule has 2 aromatic carbocycles. The van der Waals surface area contributed by atoms with Gasteiger partial charge in [-0.15, -0.1) is 10.2 Å². The van der Waals surface area contributed by atoms with Crippen LogP contribution in [0.4, 0.5) is 10.6 Å². The summed E-state index contributed by atoms with van der Waals surface area (Å²) in [4.78, 5) is 19.4. The number of pyridine rings is 1. The Labute approximate surface area is 222 Å². The minimum absolute atomic E-state index is 0.339. The smallest absolute Gasteiger partial charge is 0.415 e. The zero-order valence-electron chi connectivity index (χ0n) is 22.2. The number of hydrogen-bond acceptors (Lipinski definition) is 7. The lowest BCUT2D eigenvalue weighted by Gasteiger charge is -2.26. The first kappa shape index (κ1) is 26.4. The monoisotopic (exact) mass is 510 g/mol. The molecule has 0 radical (unpaired) electrons. The maximum absolute atomic E-state index is 13.1. The largest absolute Gasteiger partial charge is 0.489 e. The molecule has 0 atom stereocenters. The van der Waals surface area contributed by atoms with Crippen molar-refractivity contribution in [2.45, 2.75) is 39.9 Å². The van der Waals surface area contributed by atoms with E-state index >= 15 is 0 Å². The maximum atomic E-state index is 13.1. The molecule has 194 valence electrons. The van der Waals surface area contributed by atoms with Crippen molar-refractivity contribution in [1.29, 1.82) is 5.26 Å². The number of ether oxygens (including phenoxy) is 2. The summed E-state index contributed by atoms with van der Waals surface area (Å²) >= 11 is 0. The van der Waals surface area contributed by atoms with Crippen LogP contribution in [0.1, 0.15) is 38.8 Å². The van der Waals surface area contributed by atoms with Crippen LogP contribution in [0.5, 0.6) is 5.75 Å². The molecule has 0 saturated carbocycles. The number of carbonyl (C=O) groups excluding carboxylic acids is 1. The Hall–Kier alpha value is -4.71. The molecule has 0 aliphatic heterocycles. The van der Waals surface area contributed by atoms with E-state index in [1.54, 1.807) is 29.1 Å². The Morgan fingerprint density at radius 3 is 2.47 bits per heavy atom. The fourth-order valence-electron chi connectivity index (χ4n) is 3.84. The Balaban J connectivity index is 1.84. The lowest BCUT2D eigenvalue weighted by molar-refractivity contribution is 0.0581. The molecule has 2 heterocycles. The molecule has 0 aliphatic rings. The average molecular weight is 511 g/mol. The molecular weight excluding hydrogens is 480 g/mol. The van der Waals surface area contributed by atoms with Gasteiger partial charge in [0.15, 0.2) is 5.82 Å². The highest BCUT2D eigenvalue weighted by atomic mass is 16.6. The Morgan fingerprint density at radius 1 is 1.08 bits per heavy atom. The molecule has 0 fully saturated rings. The topological polar surface area (TPSA) is 106 Å². The van der Waals surface area contributed by atoms with Crippen LogP contribution in [-0.2, 0) is 18.4 Å². The summed E-state index contributed by atoms with van der Waals surface area (Å²) in [6.45, 7) is 8.00. The lowest BCUT2D eigenvalue weighted by atomic mass is 10.00. The number of aryl methyl sites for hydroxylation is 1. The van der Waals surface area contributed by atoms with E-state index in [1.807, 2.05) is 77.2 Å². The molecule has 0 spiro atoms. The van der Waals surface area contributed by atoms with Crippen LogP contribution in [0.3, 0.4) is 0 Å². The summed E-state index contributed by atoms with van der Waals surface area (Å²) < 4.78 is 13.6. The molecular formula is C29H30N6O3. The van der Waals surface area contributed by atoms with Gasteiger partial charge in [0.05, 0.1) is 17.3 Å². The highest BCUT2D eigenvalue weighted by Crippen LogP contribution is 2.35. The molecule has 38 heavy (non-hydrogen) atoms. The van der Waals surface area contributed by atoms with Crippen molar-refractivity contribution in [2.24, 2.45) is 7.05 Å². The third kappa shape index (κ3) is 6.16. The van der Waals surface area contributed by atoms with E-state index in [-0.39, 0.29) is 0 Å². The number of rotatable bonds is 7. The molecule has 0 unspecified atom stereocenters. The highest BCUT2D eigenvalue weighted by molar-refractivity contribution is 5.88. The Bertz CT molecular complexity index is 1470. The maximum Gasteiger partial charge on any atom is 0.415 e. The van der Waals surface area contributed by atoms with Crippen LogP contribution in [0, 0.1) is 11.3 Å². The first-order valence-corrected chi connectivity index (χ1v) is 12.3. The summed E-state index contributed by atoms with van der Waals surface area (Å²) in [5.74, 6) is 1.50. The third-order valence-electron chi connectivity index (χ3n) is 5.62. The fraction of sp³-hybridized carbons (Fsp3) is 0.276. The van der Waals surface area contributed by atoms with Crippen LogP contribution in [-0.4, -0.2) is 38.0 Å².